The van der Waals surface area contributed by atoms with Crippen LogP contribution in [0.15, 0.2) is 0 Å². The third-order valence-corrected chi connectivity index (χ3v) is 2.89. The number of rotatable bonds is 1. The van der Waals surface area contributed by atoms with Gasteiger partial charge in [-0.15, -0.1) is 0 Å². The SMILES string of the molecule is CC(=O)N1CCCCC1C(=O)I. The van der Waals surface area contributed by atoms with Crippen molar-refractivity contribution in [2.75, 3.05) is 6.54 Å². The summed E-state index contributed by atoms with van der Waals surface area (Å²) in [5.74, 6) is 0.0183. The van der Waals surface area contributed by atoms with Crippen LogP contribution >= 0.6 is 22.6 Å². The van der Waals surface area contributed by atoms with Gasteiger partial charge in [0.15, 0.2) is 0 Å². The summed E-state index contributed by atoms with van der Waals surface area (Å²) in [6.45, 7) is 2.27. The first-order valence-corrected chi connectivity index (χ1v) is 5.17. The molecule has 1 fully saturated rings. The molecule has 0 aromatic carbocycles. The molecule has 0 aromatic heterocycles. The quantitative estimate of drug-likeness (QED) is 0.537. The standard InChI is InChI=1S/C8H12INO2/c1-6(11)10-5-3-2-4-7(10)8(9)12/h7H,2-5H2,1H3. The lowest BCUT2D eigenvalue weighted by Crippen LogP contribution is -2.45. The molecule has 0 spiro atoms. The number of carbonyl (C=O) groups excluding carboxylic acids is 2. The van der Waals surface area contributed by atoms with Crippen LogP contribution in [0.5, 0.6) is 0 Å². The van der Waals surface area contributed by atoms with E-state index in [1.165, 1.54) is 6.92 Å². The molecule has 12 heavy (non-hydrogen) atoms. The molecule has 1 amide bonds. The van der Waals surface area contributed by atoms with Crippen LogP contribution < -0.4 is 0 Å². The normalized spacial score (nSPS) is 23.8. The number of likely N-dealkylation sites (tertiary alicyclic amines) is 1. The van der Waals surface area contributed by atoms with Gasteiger partial charge in [-0.1, -0.05) is 0 Å². The van der Waals surface area contributed by atoms with Gasteiger partial charge >= 0.3 is 0 Å². The second-order valence-corrected chi connectivity index (χ2v) is 4.09. The Balaban J connectivity index is 2.67. The molecule has 1 rings (SSSR count). The van der Waals surface area contributed by atoms with E-state index in [1.807, 2.05) is 0 Å². The fourth-order valence-electron chi connectivity index (χ4n) is 1.54. The maximum atomic E-state index is 11.1. The van der Waals surface area contributed by atoms with E-state index in [2.05, 4.69) is 0 Å². The highest BCUT2D eigenvalue weighted by Gasteiger charge is 2.28. The highest BCUT2D eigenvalue weighted by atomic mass is 127. The third kappa shape index (κ3) is 2.18. The average molecular weight is 281 g/mol. The highest BCUT2D eigenvalue weighted by molar-refractivity contribution is 14.1. The van der Waals surface area contributed by atoms with Crippen LogP contribution in [0.2, 0.25) is 0 Å². The van der Waals surface area contributed by atoms with Crippen LogP contribution in [-0.4, -0.2) is 27.2 Å². The first-order valence-electron chi connectivity index (χ1n) is 4.09. The van der Waals surface area contributed by atoms with Gasteiger partial charge in [-0.3, -0.25) is 9.59 Å². The van der Waals surface area contributed by atoms with E-state index in [-0.39, 0.29) is 15.7 Å². The summed E-state index contributed by atoms with van der Waals surface area (Å²) in [5, 5.41) is 0. The lowest BCUT2D eigenvalue weighted by molar-refractivity contribution is -0.136. The second kappa shape index (κ2) is 4.20. The maximum absolute atomic E-state index is 11.1. The molecule has 0 N–H and O–H groups in total. The van der Waals surface area contributed by atoms with Crippen LogP contribution in [0.3, 0.4) is 0 Å². The minimum atomic E-state index is -0.156. The number of nitrogens with zero attached hydrogens (tertiary/aromatic N) is 1. The number of piperidine rings is 1. The van der Waals surface area contributed by atoms with Crippen LogP contribution in [0.1, 0.15) is 26.2 Å². The predicted octanol–water partition coefficient (Wildman–Crippen LogP) is 1.35. The van der Waals surface area contributed by atoms with Crippen molar-refractivity contribution in [2.45, 2.75) is 32.2 Å². The number of carbonyl (C=O) groups is 2. The van der Waals surface area contributed by atoms with Gasteiger partial charge in [-0.25, -0.2) is 0 Å². The molecule has 1 aliphatic heterocycles. The second-order valence-electron chi connectivity index (χ2n) is 3.03. The summed E-state index contributed by atoms with van der Waals surface area (Å²) in [7, 11) is 0. The van der Waals surface area contributed by atoms with Gasteiger partial charge < -0.3 is 4.90 Å². The van der Waals surface area contributed by atoms with Crippen LogP contribution in [0.25, 0.3) is 0 Å². The highest BCUT2D eigenvalue weighted by Crippen LogP contribution is 2.19. The Labute approximate surface area is 85.6 Å². The molecule has 3 nitrogen and oxygen atoms in total. The zero-order chi connectivity index (χ0) is 9.14. The van der Waals surface area contributed by atoms with Gasteiger partial charge in [0.05, 0.1) is 0 Å². The van der Waals surface area contributed by atoms with Crippen molar-refractivity contribution in [1.82, 2.24) is 4.90 Å². The van der Waals surface area contributed by atoms with E-state index in [1.54, 1.807) is 27.5 Å². The summed E-state index contributed by atoms with van der Waals surface area (Å²) >= 11 is 1.78. The lowest BCUT2D eigenvalue weighted by atomic mass is 10.0. The summed E-state index contributed by atoms with van der Waals surface area (Å²) in [4.78, 5) is 23.9. The zero-order valence-corrected chi connectivity index (χ0v) is 9.20. The Morgan fingerprint density at radius 1 is 1.42 bits per heavy atom. The Kier molecular flexibility index (Phi) is 3.49. The Hall–Kier alpha value is -0.130. The van der Waals surface area contributed by atoms with Gasteiger partial charge in [-0.05, 0) is 19.3 Å². The molecule has 0 radical (unpaired) electrons. The zero-order valence-electron chi connectivity index (χ0n) is 7.05. The molecule has 0 bridgehead atoms. The fraction of sp³-hybridized carbons (Fsp3) is 0.750. The summed E-state index contributed by atoms with van der Waals surface area (Å²) < 4.78 is 0.0856. The fourth-order valence-corrected chi connectivity index (χ4v) is 2.19. The number of halogens is 1. The predicted molar refractivity (Wildman–Crippen MR) is 54.1 cm³/mol. The number of hydrogen-bond donors (Lipinski definition) is 0. The van der Waals surface area contributed by atoms with Crippen molar-refractivity contribution < 1.29 is 9.59 Å². The largest absolute Gasteiger partial charge is 0.332 e. The number of amides is 1. The van der Waals surface area contributed by atoms with Gasteiger partial charge in [0.2, 0.25) is 9.70 Å². The molecule has 1 heterocycles. The smallest absolute Gasteiger partial charge is 0.220 e. The monoisotopic (exact) mass is 281 g/mol. The van der Waals surface area contributed by atoms with Gasteiger partial charge in [0, 0.05) is 36.1 Å². The molecule has 1 saturated heterocycles. The molecule has 68 valence electrons. The summed E-state index contributed by atoms with van der Waals surface area (Å²) in [5.41, 5.74) is 0. The summed E-state index contributed by atoms with van der Waals surface area (Å²) in [6.07, 6.45) is 2.92. The lowest BCUT2D eigenvalue weighted by Gasteiger charge is -2.32. The van der Waals surface area contributed by atoms with E-state index in [0.29, 0.717) is 0 Å². The van der Waals surface area contributed by atoms with E-state index in [9.17, 15) is 9.59 Å². The van der Waals surface area contributed by atoms with Gasteiger partial charge in [0.25, 0.3) is 0 Å². The molecule has 1 atom stereocenters. The van der Waals surface area contributed by atoms with Crippen molar-refractivity contribution in [3.05, 3.63) is 0 Å². The average Bonchev–Trinajstić information content (AvgIpc) is 2.04. The van der Waals surface area contributed by atoms with E-state index >= 15 is 0 Å². The maximum Gasteiger partial charge on any atom is 0.220 e. The minimum Gasteiger partial charge on any atom is -0.332 e. The molecular weight excluding hydrogens is 269 g/mol. The van der Waals surface area contributed by atoms with E-state index in [0.717, 1.165) is 25.8 Å². The Morgan fingerprint density at radius 2 is 2.08 bits per heavy atom. The molecule has 1 aliphatic rings. The first-order chi connectivity index (χ1) is 5.63. The van der Waals surface area contributed by atoms with Crippen molar-refractivity contribution in [1.29, 1.82) is 0 Å². The van der Waals surface area contributed by atoms with Crippen LogP contribution in [0, 0.1) is 0 Å². The van der Waals surface area contributed by atoms with Crippen molar-refractivity contribution in [3.63, 3.8) is 0 Å². The molecular formula is C8H12INO2. The molecule has 0 aromatic rings. The molecule has 1 unspecified atom stereocenters. The van der Waals surface area contributed by atoms with E-state index in [4.69, 9.17) is 0 Å². The third-order valence-electron chi connectivity index (χ3n) is 2.17. The Morgan fingerprint density at radius 3 is 2.50 bits per heavy atom. The van der Waals surface area contributed by atoms with Gasteiger partial charge in [-0.2, -0.15) is 0 Å². The molecule has 4 heteroatoms. The van der Waals surface area contributed by atoms with Crippen molar-refractivity contribution in [3.8, 4) is 0 Å². The van der Waals surface area contributed by atoms with E-state index < -0.39 is 0 Å². The Bertz CT molecular complexity index is 183. The van der Waals surface area contributed by atoms with Crippen molar-refractivity contribution in [2.24, 2.45) is 0 Å². The molecule has 0 aliphatic carbocycles. The minimum absolute atomic E-state index is 0.0183. The van der Waals surface area contributed by atoms with Crippen molar-refractivity contribution >= 4 is 32.3 Å². The van der Waals surface area contributed by atoms with Crippen LogP contribution in [-0.2, 0) is 9.59 Å². The summed E-state index contributed by atoms with van der Waals surface area (Å²) in [6, 6.07) is -0.156. The first kappa shape index (κ1) is 9.95. The topological polar surface area (TPSA) is 37.4 Å². The van der Waals surface area contributed by atoms with Gasteiger partial charge in [0.1, 0.15) is 6.04 Å². The molecule has 0 saturated carbocycles. The van der Waals surface area contributed by atoms with Crippen LogP contribution in [0.4, 0.5) is 0 Å². The number of hydrogen-bond acceptors (Lipinski definition) is 2.